The summed E-state index contributed by atoms with van der Waals surface area (Å²) in [6, 6.07) is 16.7. The average Bonchev–Trinajstić information content (AvgIpc) is 3.21. The summed E-state index contributed by atoms with van der Waals surface area (Å²) in [6.45, 7) is 3.04. The van der Waals surface area contributed by atoms with Crippen LogP contribution in [0.25, 0.3) is 10.9 Å². The number of hydrogen-bond donors (Lipinski definition) is 0. The number of amides is 1. The van der Waals surface area contributed by atoms with Crippen LogP contribution in [0.1, 0.15) is 46.8 Å². The maximum atomic E-state index is 13.6. The van der Waals surface area contributed by atoms with Crippen molar-refractivity contribution in [2.75, 3.05) is 4.90 Å². The third-order valence-electron chi connectivity index (χ3n) is 6.05. The van der Waals surface area contributed by atoms with Crippen molar-refractivity contribution in [3.63, 3.8) is 0 Å². The molecule has 32 heavy (non-hydrogen) atoms. The summed E-state index contributed by atoms with van der Waals surface area (Å²) in [4.78, 5) is 33.1. The zero-order valence-corrected chi connectivity index (χ0v) is 18.1. The van der Waals surface area contributed by atoms with Crippen LogP contribution in [0.15, 0.2) is 70.1 Å². The van der Waals surface area contributed by atoms with Crippen LogP contribution in [0.3, 0.4) is 0 Å². The lowest BCUT2D eigenvalue weighted by atomic mass is 10.1. The molecule has 0 saturated carbocycles. The Morgan fingerprint density at radius 1 is 1.09 bits per heavy atom. The van der Waals surface area contributed by atoms with E-state index in [-0.39, 0.29) is 11.5 Å². The van der Waals surface area contributed by atoms with Gasteiger partial charge in [-0.25, -0.2) is 4.98 Å². The van der Waals surface area contributed by atoms with Crippen molar-refractivity contribution >= 4 is 22.5 Å². The average molecular weight is 428 g/mol. The van der Waals surface area contributed by atoms with Crippen LogP contribution in [-0.4, -0.2) is 15.5 Å². The van der Waals surface area contributed by atoms with Crippen LogP contribution in [0.5, 0.6) is 0 Å². The Kier molecular flexibility index (Phi) is 5.35. The summed E-state index contributed by atoms with van der Waals surface area (Å²) in [7, 11) is 0. The molecule has 5 rings (SSSR count). The first kappa shape index (κ1) is 20.2. The fourth-order valence-electron chi connectivity index (χ4n) is 4.27. The molecular formula is C26H25N3O3. The van der Waals surface area contributed by atoms with E-state index in [0.717, 1.165) is 42.8 Å². The van der Waals surface area contributed by atoms with Crippen LogP contribution in [-0.2, 0) is 19.5 Å². The van der Waals surface area contributed by atoms with Crippen molar-refractivity contribution in [1.82, 2.24) is 9.55 Å². The highest BCUT2D eigenvalue weighted by molar-refractivity contribution is 6.07. The van der Waals surface area contributed by atoms with E-state index in [4.69, 9.17) is 9.40 Å². The zero-order chi connectivity index (χ0) is 22.1. The molecule has 0 bridgehead atoms. The van der Waals surface area contributed by atoms with Gasteiger partial charge in [-0.1, -0.05) is 24.1 Å². The van der Waals surface area contributed by atoms with E-state index in [2.05, 4.69) is 0 Å². The lowest BCUT2D eigenvalue weighted by Crippen LogP contribution is -2.30. The van der Waals surface area contributed by atoms with E-state index in [1.807, 2.05) is 43.3 Å². The molecule has 2 aromatic carbocycles. The second kappa shape index (κ2) is 8.46. The Labute approximate surface area is 186 Å². The predicted molar refractivity (Wildman–Crippen MR) is 124 cm³/mol. The molecule has 0 atom stereocenters. The fourth-order valence-corrected chi connectivity index (χ4v) is 4.27. The van der Waals surface area contributed by atoms with Gasteiger partial charge in [-0.15, -0.1) is 0 Å². The van der Waals surface area contributed by atoms with Crippen molar-refractivity contribution in [2.24, 2.45) is 0 Å². The van der Waals surface area contributed by atoms with Crippen LogP contribution in [0.4, 0.5) is 5.69 Å². The van der Waals surface area contributed by atoms with Gasteiger partial charge in [0, 0.05) is 24.2 Å². The maximum Gasteiger partial charge on any atom is 0.261 e. The first-order chi connectivity index (χ1) is 15.6. The largest absolute Gasteiger partial charge is 0.467 e. The van der Waals surface area contributed by atoms with Crippen molar-refractivity contribution < 1.29 is 9.21 Å². The molecular weight excluding hydrogens is 402 g/mol. The Morgan fingerprint density at radius 2 is 1.94 bits per heavy atom. The Hall–Kier alpha value is -3.67. The van der Waals surface area contributed by atoms with Gasteiger partial charge < -0.3 is 9.32 Å². The van der Waals surface area contributed by atoms with Gasteiger partial charge in [0.15, 0.2) is 0 Å². The maximum absolute atomic E-state index is 13.6. The van der Waals surface area contributed by atoms with Gasteiger partial charge in [0.2, 0.25) is 0 Å². The molecule has 162 valence electrons. The number of aromatic nitrogens is 2. The van der Waals surface area contributed by atoms with Crippen LogP contribution in [0, 0.1) is 6.92 Å². The lowest BCUT2D eigenvalue weighted by Gasteiger charge is -2.22. The standard InChI is InChI=1S/C26H25N3O3/c1-18-8-11-20(12-9-18)29(17-21-6-5-15-32-21)25(30)19-10-13-22-23(16-19)27-24-7-3-2-4-14-28(24)26(22)31/h5-6,8-13,15-16H,2-4,7,14,17H2,1H3. The zero-order valence-electron chi connectivity index (χ0n) is 18.1. The number of carbonyl (C=O) groups excluding carboxylic acids is 1. The fraction of sp³-hybridized carbons (Fsp3) is 0.269. The number of benzene rings is 2. The highest BCUT2D eigenvalue weighted by Gasteiger charge is 2.21. The van der Waals surface area contributed by atoms with Crippen LogP contribution >= 0.6 is 0 Å². The third-order valence-corrected chi connectivity index (χ3v) is 6.05. The van der Waals surface area contributed by atoms with Crippen LogP contribution < -0.4 is 10.5 Å². The van der Waals surface area contributed by atoms with Crippen molar-refractivity contribution in [2.45, 2.75) is 45.7 Å². The van der Waals surface area contributed by atoms with Crippen molar-refractivity contribution in [1.29, 1.82) is 0 Å². The Morgan fingerprint density at radius 3 is 2.72 bits per heavy atom. The Bertz CT molecular complexity index is 1320. The Balaban J connectivity index is 1.56. The first-order valence-electron chi connectivity index (χ1n) is 11.0. The van der Waals surface area contributed by atoms with Gasteiger partial charge in [0.25, 0.3) is 11.5 Å². The summed E-state index contributed by atoms with van der Waals surface area (Å²) < 4.78 is 7.30. The number of rotatable bonds is 4. The smallest absolute Gasteiger partial charge is 0.261 e. The molecule has 6 nitrogen and oxygen atoms in total. The lowest BCUT2D eigenvalue weighted by molar-refractivity contribution is 0.0983. The molecule has 2 aromatic heterocycles. The SMILES string of the molecule is Cc1ccc(N(Cc2ccco2)C(=O)c2ccc3c(=O)n4c(nc3c2)CCCCC4)cc1. The van der Waals surface area contributed by atoms with Gasteiger partial charge in [-0.2, -0.15) is 0 Å². The molecule has 0 saturated heterocycles. The molecule has 0 fully saturated rings. The number of hydrogen-bond acceptors (Lipinski definition) is 4. The molecule has 3 heterocycles. The predicted octanol–water partition coefficient (Wildman–Crippen LogP) is 4.87. The summed E-state index contributed by atoms with van der Waals surface area (Å²) >= 11 is 0. The molecule has 1 amide bonds. The highest BCUT2D eigenvalue weighted by Crippen LogP contribution is 2.23. The quantitative estimate of drug-likeness (QED) is 0.466. The van der Waals surface area contributed by atoms with E-state index in [1.165, 1.54) is 0 Å². The van der Waals surface area contributed by atoms with Gasteiger partial charge >= 0.3 is 0 Å². The van der Waals surface area contributed by atoms with Crippen molar-refractivity contribution in [3.8, 4) is 0 Å². The van der Waals surface area contributed by atoms with E-state index in [9.17, 15) is 9.59 Å². The molecule has 0 spiro atoms. The molecule has 0 N–H and O–H groups in total. The second-order valence-electron chi connectivity index (χ2n) is 8.33. The number of furan rings is 1. The number of carbonyl (C=O) groups is 1. The normalized spacial score (nSPS) is 13.5. The van der Waals surface area contributed by atoms with E-state index < -0.39 is 0 Å². The topological polar surface area (TPSA) is 68.3 Å². The van der Waals surface area contributed by atoms with Gasteiger partial charge in [0.05, 0.1) is 23.7 Å². The van der Waals surface area contributed by atoms with Gasteiger partial charge in [-0.05, 0) is 62.2 Å². The molecule has 4 aromatic rings. The summed E-state index contributed by atoms with van der Waals surface area (Å²) in [5, 5.41) is 0.556. The number of nitrogens with zero attached hydrogens (tertiary/aromatic N) is 3. The van der Waals surface area contributed by atoms with Crippen LogP contribution in [0.2, 0.25) is 0 Å². The summed E-state index contributed by atoms with van der Waals surface area (Å²) in [5.74, 6) is 1.35. The summed E-state index contributed by atoms with van der Waals surface area (Å²) in [5.41, 5.74) is 2.96. The highest BCUT2D eigenvalue weighted by atomic mass is 16.3. The van der Waals surface area contributed by atoms with Crippen molar-refractivity contribution in [3.05, 3.63) is 93.9 Å². The second-order valence-corrected chi connectivity index (χ2v) is 8.33. The molecule has 1 aliphatic heterocycles. The van der Waals surface area contributed by atoms with Gasteiger partial charge in [0.1, 0.15) is 11.6 Å². The molecule has 1 aliphatic rings. The number of fused-ring (bicyclic) bond motifs is 2. The summed E-state index contributed by atoms with van der Waals surface area (Å²) in [6.07, 6.45) is 5.51. The first-order valence-corrected chi connectivity index (χ1v) is 11.0. The van der Waals surface area contributed by atoms with Gasteiger partial charge in [-0.3, -0.25) is 14.2 Å². The monoisotopic (exact) mass is 427 g/mol. The minimum atomic E-state index is -0.163. The molecule has 6 heteroatoms. The minimum absolute atomic E-state index is 0.0168. The van der Waals surface area contributed by atoms with E-state index in [0.29, 0.717) is 35.3 Å². The van der Waals surface area contributed by atoms with E-state index >= 15 is 0 Å². The molecule has 0 aliphatic carbocycles. The third kappa shape index (κ3) is 3.84. The molecule has 0 radical (unpaired) electrons. The van der Waals surface area contributed by atoms with E-state index in [1.54, 1.807) is 33.9 Å². The number of anilines is 1. The molecule has 0 unspecified atom stereocenters. The number of aryl methyl sites for hydroxylation is 2. The minimum Gasteiger partial charge on any atom is -0.467 e.